The molecule has 0 saturated carbocycles. The van der Waals surface area contributed by atoms with Crippen molar-refractivity contribution in [1.29, 1.82) is 0 Å². The van der Waals surface area contributed by atoms with E-state index in [1.807, 2.05) is 29.7 Å². The summed E-state index contributed by atoms with van der Waals surface area (Å²) < 4.78 is 7.19. The number of hydrogen-bond acceptors (Lipinski definition) is 5. The van der Waals surface area contributed by atoms with Gasteiger partial charge in [0, 0.05) is 30.1 Å². The number of benzene rings is 1. The summed E-state index contributed by atoms with van der Waals surface area (Å²) in [7, 11) is 1.62. The number of rotatable bonds is 7. The summed E-state index contributed by atoms with van der Waals surface area (Å²) in [6.07, 6.45) is 5.76. The van der Waals surface area contributed by atoms with Crippen LogP contribution in [0.15, 0.2) is 30.6 Å². The van der Waals surface area contributed by atoms with E-state index in [-0.39, 0.29) is 0 Å². The first-order chi connectivity index (χ1) is 12.6. The van der Waals surface area contributed by atoms with Gasteiger partial charge < -0.3 is 15.4 Å². The lowest BCUT2D eigenvalue weighted by molar-refractivity contribution is 0.415. The predicted octanol–water partition coefficient (Wildman–Crippen LogP) is 5.04. The highest BCUT2D eigenvalue weighted by Crippen LogP contribution is 2.32. The van der Waals surface area contributed by atoms with E-state index in [1.54, 1.807) is 19.4 Å². The van der Waals surface area contributed by atoms with Crippen LogP contribution >= 0.6 is 11.6 Å². The molecule has 7 heteroatoms. The normalized spacial score (nSPS) is 11.2. The quantitative estimate of drug-likeness (QED) is 0.607. The molecule has 2 aromatic heterocycles. The third kappa shape index (κ3) is 3.55. The molecular formula is C19H24ClN5O. The Morgan fingerprint density at radius 1 is 1.27 bits per heavy atom. The van der Waals surface area contributed by atoms with Gasteiger partial charge in [-0.05, 0) is 31.9 Å². The number of anilines is 3. The first-order valence-corrected chi connectivity index (χ1v) is 9.15. The molecule has 0 radical (unpaired) electrons. The number of methoxy groups -OCH3 is 1. The molecule has 0 saturated heterocycles. The van der Waals surface area contributed by atoms with Crippen LogP contribution in [0, 0.1) is 6.92 Å². The number of ether oxygens (including phenoxy) is 1. The average molecular weight is 374 g/mol. The average Bonchev–Trinajstić information content (AvgIpc) is 3.11. The van der Waals surface area contributed by atoms with E-state index in [2.05, 4.69) is 34.4 Å². The molecule has 2 heterocycles. The third-order valence-electron chi connectivity index (χ3n) is 4.54. The van der Waals surface area contributed by atoms with Crippen LogP contribution in [0.1, 0.15) is 32.3 Å². The number of aromatic nitrogens is 3. The van der Waals surface area contributed by atoms with E-state index in [9.17, 15) is 0 Å². The monoisotopic (exact) mass is 373 g/mol. The van der Waals surface area contributed by atoms with Gasteiger partial charge in [-0.1, -0.05) is 25.4 Å². The van der Waals surface area contributed by atoms with E-state index in [0.29, 0.717) is 22.6 Å². The Kier molecular flexibility index (Phi) is 5.52. The Bertz CT molecular complexity index is 904. The molecule has 0 fully saturated rings. The third-order valence-corrected chi connectivity index (χ3v) is 4.85. The topological polar surface area (TPSA) is 63.5 Å². The second-order valence-corrected chi connectivity index (χ2v) is 6.57. The van der Waals surface area contributed by atoms with Gasteiger partial charge in [-0.15, -0.1) is 0 Å². The SMILES string of the molecule is CCC(CC)Nc1c(C)c(Nc2ccc(OC)cc2Cl)nc2nccn12. The predicted molar refractivity (Wildman–Crippen MR) is 107 cm³/mol. The Morgan fingerprint density at radius 2 is 2.04 bits per heavy atom. The van der Waals surface area contributed by atoms with Crippen molar-refractivity contribution in [2.24, 2.45) is 0 Å². The van der Waals surface area contributed by atoms with Gasteiger partial charge in [0.2, 0.25) is 5.78 Å². The first kappa shape index (κ1) is 18.3. The van der Waals surface area contributed by atoms with E-state index in [4.69, 9.17) is 16.3 Å². The Morgan fingerprint density at radius 3 is 2.69 bits per heavy atom. The number of fused-ring (bicyclic) bond motifs is 1. The first-order valence-electron chi connectivity index (χ1n) is 8.78. The molecule has 0 aliphatic carbocycles. The molecule has 1 aromatic carbocycles. The highest BCUT2D eigenvalue weighted by Gasteiger charge is 2.16. The fourth-order valence-electron chi connectivity index (χ4n) is 2.87. The second kappa shape index (κ2) is 7.83. The number of nitrogens with one attached hydrogen (secondary N) is 2. The van der Waals surface area contributed by atoms with Crippen molar-refractivity contribution >= 4 is 34.7 Å². The van der Waals surface area contributed by atoms with Crippen LogP contribution in [0.3, 0.4) is 0 Å². The minimum Gasteiger partial charge on any atom is -0.497 e. The lowest BCUT2D eigenvalue weighted by Crippen LogP contribution is -2.20. The molecule has 0 aliphatic heterocycles. The van der Waals surface area contributed by atoms with Crippen molar-refractivity contribution in [3.63, 3.8) is 0 Å². The maximum absolute atomic E-state index is 6.37. The molecule has 3 aromatic rings. The van der Waals surface area contributed by atoms with Crippen molar-refractivity contribution in [3.8, 4) is 5.75 Å². The maximum atomic E-state index is 6.37. The zero-order chi connectivity index (χ0) is 18.7. The Balaban J connectivity index is 2.02. The Hall–Kier alpha value is -2.47. The summed E-state index contributed by atoms with van der Waals surface area (Å²) in [6.45, 7) is 6.40. The molecule has 0 atom stereocenters. The summed E-state index contributed by atoms with van der Waals surface area (Å²) in [5, 5.41) is 7.53. The molecule has 0 amide bonds. The maximum Gasteiger partial charge on any atom is 0.237 e. The molecule has 0 unspecified atom stereocenters. The largest absolute Gasteiger partial charge is 0.497 e. The zero-order valence-electron chi connectivity index (χ0n) is 15.5. The van der Waals surface area contributed by atoms with Crippen molar-refractivity contribution in [3.05, 3.63) is 41.2 Å². The zero-order valence-corrected chi connectivity index (χ0v) is 16.3. The Labute approximate surface area is 158 Å². The summed E-state index contributed by atoms with van der Waals surface area (Å²) >= 11 is 6.37. The summed E-state index contributed by atoms with van der Waals surface area (Å²) in [4.78, 5) is 8.99. The lowest BCUT2D eigenvalue weighted by atomic mass is 10.1. The number of halogens is 1. The minimum atomic E-state index is 0.388. The van der Waals surface area contributed by atoms with Crippen molar-refractivity contribution in [2.75, 3.05) is 17.7 Å². The smallest absolute Gasteiger partial charge is 0.237 e. The van der Waals surface area contributed by atoms with Gasteiger partial charge in [0.1, 0.15) is 17.4 Å². The molecule has 6 nitrogen and oxygen atoms in total. The van der Waals surface area contributed by atoms with Gasteiger partial charge in [0.15, 0.2) is 0 Å². The molecule has 0 bridgehead atoms. The molecule has 0 aliphatic rings. The van der Waals surface area contributed by atoms with Crippen LogP contribution in [-0.4, -0.2) is 27.5 Å². The fraction of sp³-hybridized carbons (Fsp3) is 0.368. The molecule has 3 rings (SSSR count). The van der Waals surface area contributed by atoms with Crippen LogP contribution in [0.5, 0.6) is 5.75 Å². The molecule has 0 spiro atoms. The van der Waals surface area contributed by atoms with E-state index >= 15 is 0 Å². The highest BCUT2D eigenvalue weighted by atomic mass is 35.5. The van der Waals surface area contributed by atoms with Crippen LogP contribution in [-0.2, 0) is 0 Å². The van der Waals surface area contributed by atoms with Crippen LogP contribution in [0.2, 0.25) is 5.02 Å². The molecular weight excluding hydrogens is 350 g/mol. The van der Waals surface area contributed by atoms with Gasteiger partial charge in [-0.2, -0.15) is 4.98 Å². The number of imidazole rings is 1. The van der Waals surface area contributed by atoms with Crippen LogP contribution in [0.25, 0.3) is 5.78 Å². The van der Waals surface area contributed by atoms with Crippen molar-refractivity contribution in [2.45, 2.75) is 39.7 Å². The standard InChI is InChI=1S/C19H24ClN5O/c1-5-13(6-2)22-18-12(3)17(24-19-21-9-10-25(18)19)23-16-8-7-14(26-4)11-15(16)20/h7-11,13,22H,5-6H2,1-4H3,(H,21,23,24). The van der Waals surface area contributed by atoms with Gasteiger partial charge in [0.05, 0.1) is 17.8 Å². The van der Waals surface area contributed by atoms with Crippen molar-refractivity contribution < 1.29 is 4.74 Å². The van der Waals surface area contributed by atoms with E-state index in [1.165, 1.54) is 0 Å². The number of hydrogen-bond donors (Lipinski definition) is 2. The summed E-state index contributed by atoms with van der Waals surface area (Å²) in [5.74, 6) is 3.07. The molecule has 2 N–H and O–H groups in total. The minimum absolute atomic E-state index is 0.388. The van der Waals surface area contributed by atoms with Crippen LogP contribution < -0.4 is 15.4 Å². The van der Waals surface area contributed by atoms with Gasteiger partial charge in [-0.25, -0.2) is 4.98 Å². The summed E-state index contributed by atoms with van der Waals surface area (Å²) in [5.41, 5.74) is 1.78. The lowest BCUT2D eigenvalue weighted by Gasteiger charge is -2.21. The molecule has 138 valence electrons. The van der Waals surface area contributed by atoms with E-state index in [0.717, 1.165) is 35.7 Å². The van der Waals surface area contributed by atoms with Crippen LogP contribution in [0.4, 0.5) is 17.3 Å². The van der Waals surface area contributed by atoms with Gasteiger partial charge >= 0.3 is 0 Å². The summed E-state index contributed by atoms with van der Waals surface area (Å²) in [6, 6.07) is 5.91. The fourth-order valence-corrected chi connectivity index (χ4v) is 3.08. The molecule has 26 heavy (non-hydrogen) atoms. The van der Waals surface area contributed by atoms with Crippen molar-refractivity contribution in [1.82, 2.24) is 14.4 Å². The van der Waals surface area contributed by atoms with Gasteiger partial charge in [-0.3, -0.25) is 4.40 Å². The number of nitrogens with zero attached hydrogens (tertiary/aromatic N) is 3. The van der Waals surface area contributed by atoms with E-state index < -0.39 is 0 Å². The second-order valence-electron chi connectivity index (χ2n) is 6.16. The van der Waals surface area contributed by atoms with Gasteiger partial charge in [0.25, 0.3) is 0 Å². The highest BCUT2D eigenvalue weighted by molar-refractivity contribution is 6.33.